The first-order chi connectivity index (χ1) is 9.66. The molecule has 0 aliphatic rings. The molecule has 0 aliphatic carbocycles. The van der Waals surface area contributed by atoms with Crippen molar-refractivity contribution in [3.05, 3.63) is 53.0 Å². The molecular weight excluding hydrogens is 345 g/mol. The number of benzene rings is 1. The van der Waals surface area contributed by atoms with Crippen LogP contribution in [0.2, 0.25) is 0 Å². The number of carbonyl (C=O) groups excluding carboxylic acids is 1. The van der Waals surface area contributed by atoms with Crippen molar-refractivity contribution < 1.29 is 13.9 Å². The van der Waals surface area contributed by atoms with E-state index in [9.17, 15) is 9.18 Å². The van der Waals surface area contributed by atoms with Crippen molar-refractivity contribution in [1.82, 2.24) is 4.98 Å². The highest BCUT2D eigenvalue weighted by atomic mass is 79.9. The zero-order valence-corrected chi connectivity index (χ0v) is 12.8. The summed E-state index contributed by atoms with van der Waals surface area (Å²) < 4.78 is 19.0. The zero-order valence-electron chi connectivity index (χ0n) is 10.4. The largest absolute Gasteiger partial charge is 0.424 e. The van der Waals surface area contributed by atoms with E-state index in [1.165, 1.54) is 17.8 Å². The third kappa shape index (κ3) is 4.31. The Morgan fingerprint density at radius 1 is 1.30 bits per heavy atom. The van der Waals surface area contributed by atoms with Gasteiger partial charge in [0, 0.05) is 16.8 Å². The van der Waals surface area contributed by atoms with Crippen LogP contribution in [0.3, 0.4) is 0 Å². The van der Waals surface area contributed by atoms with Crippen molar-refractivity contribution in [1.29, 1.82) is 0 Å². The minimum absolute atomic E-state index is 0.195. The van der Waals surface area contributed by atoms with Crippen molar-refractivity contribution in [2.24, 2.45) is 0 Å². The van der Waals surface area contributed by atoms with Gasteiger partial charge in [0.05, 0.1) is 6.42 Å². The fraction of sp³-hybridized carbons (Fsp3) is 0.143. The van der Waals surface area contributed by atoms with Crippen LogP contribution in [0.15, 0.2) is 52.1 Å². The Labute approximate surface area is 128 Å². The van der Waals surface area contributed by atoms with Crippen LogP contribution in [0, 0.1) is 5.82 Å². The lowest BCUT2D eigenvalue weighted by Gasteiger charge is -2.05. The number of carbonyl (C=O) groups is 1. The van der Waals surface area contributed by atoms with Crippen LogP contribution in [-0.4, -0.2) is 16.7 Å². The van der Waals surface area contributed by atoms with Crippen molar-refractivity contribution >= 4 is 33.7 Å². The summed E-state index contributed by atoms with van der Waals surface area (Å²) >= 11 is 4.48. The molecule has 1 aromatic heterocycles. The van der Waals surface area contributed by atoms with Crippen LogP contribution in [0.5, 0.6) is 5.75 Å². The third-order valence-corrected chi connectivity index (χ3v) is 3.99. The molecule has 0 amide bonds. The second kappa shape index (κ2) is 7.40. The van der Waals surface area contributed by atoms with Gasteiger partial charge in [-0.15, -0.1) is 11.8 Å². The number of ether oxygens (including phenoxy) is 1. The predicted molar refractivity (Wildman–Crippen MR) is 79.3 cm³/mol. The normalized spacial score (nSPS) is 10.3. The molecule has 2 aromatic rings. The number of aromatic nitrogens is 1. The summed E-state index contributed by atoms with van der Waals surface area (Å²) in [7, 11) is 0. The summed E-state index contributed by atoms with van der Waals surface area (Å²) in [5, 5.41) is 0. The van der Waals surface area contributed by atoms with Crippen LogP contribution < -0.4 is 4.74 Å². The molecule has 0 spiro atoms. The lowest BCUT2D eigenvalue weighted by Crippen LogP contribution is -2.09. The summed E-state index contributed by atoms with van der Waals surface area (Å²) in [6.45, 7) is 0. The topological polar surface area (TPSA) is 39.2 Å². The first kappa shape index (κ1) is 15.0. The van der Waals surface area contributed by atoms with Gasteiger partial charge in [0.25, 0.3) is 0 Å². The van der Waals surface area contributed by atoms with Gasteiger partial charge in [0.1, 0.15) is 10.4 Å². The van der Waals surface area contributed by atoms with Crippen LogP contribution in [0.4, 0.5) is 4.39 Å². The van der Waals surface area contributed by atoms with Crippen LogP contribution in [0.1, 0.15) is 6.42 Å². The predicted octanol–water partition coefficient (Wildman–Crippen LogP) is 4.07. The molecule has 0 unspecified atom stereocenters. The molecule has 1 heterocycles. The van der Waals surface area contributed by atoms with Gasteiger partial charge < -0.3 is 4.74 Å². The van der Waals surface area contributed by atoms with Crippen molar-refractivity contribution in [2.45, 2.75) is 11.3 Å². The SMILES string of the molecule is O=C(CCSc1ccccc1F)Oc1cccnc1Br. The minimum Gasteiger partial charge on any atom is -0.424 e. The Balaban J connectivity index is 1.82. The molecule has 0 saturated carbocycles. The van der Waals surface area contributed by atoms with Gasteiger partial charge in [-0.25, -0.2) is 9.37 Å². The maximum atomic E-state index is 13.4. The highest BCUT2D eigenvalue weighted by molar-refractivity contribution is 9.10. The molecule has 6 heteroatoms. The van der Waals surface area contributed by atoms with Gasteiger partial charge in [-0.3, -0.25) is 4.79 Å². The number of thioether (sulfide) groups is 1. The first-order valence-electron chi connectivity index (χ1n) is 5.85. The Morgan fingerprint density at radius 2 is 2.10 bits per heavy atom. The minimum atomic E-state index is -0.373. The van der Waals surface area contributed by atoms with E-state index in [0.29, 0.717) is 21.0 Å². The molecule has 0 aliphatic heterocycles. The van der Waals surface area contributed by atoms with Gasteiger partial charge in [0.15, 0.2) is 5.75 Å². The fourth-order valence-electron chi connectivity index (χ4n) is 1.43. The average molecular weight is 356 g/mol. The quantitative estimate of drug-likeness (QED) is 0.460. The lowest BCUT2D eigenvalue weighted by molar-refractivity contribution is -0.133. The zero-order chi connectivity index (χ0) is 14.4. The molecule has 20 heavy (non-hydrogen) atoms. The van der Waals surface area contributed by atoms with Crippen molar-refractivity contribution in [3.8, 4) is 5.75 Å². The Hall–Kier alpha value is -1.40. The summed E-state index contributed by atoms with van der Waals surface area (Å²) in [6, 6.07) is 9.81. The number of pyridine rings is 1. The highest BCUT2D eigenvalue weighted by Gasteiger charge is 2.09. The number of rotatable bonds is 5. The Bertz CT molecular complexity index is 609. The van der Waals surface area contributed by atoms with E-state index >= 15 is 0 Å². The van der Waals surface area contributed by atoms with Gasteiger partial charge in [-0.1, -0.05) is 12.1 Å². The van der Waals surface area contributed by atoms with E-state index in [1.807, 2.05) is 0 Å². The molecule has 0 atom stereocenters. The second-order valence-electron chi connectivity index (χ2n) is 3.80. The highest BCUT2D eigenvalue weighted by Crippen LogP contribution is 2.24. The van der Waals surface area contributed by atoms with E-state index in [0.717, 1.165) is 0 Å². The molecule has 0 radical (unpaired) electrons. The summed E-state index contributed by atoms with van der Waals surface area (Å²) in [5.41, 5.74) is 0. The molecular formula is C14H11BrFNO2S. The number of nitrogens with zero attached hydrogens (tertiary/aromatic N) is 1. The van der Waals surface area contributed by atoms with E-state index < -0.39 is 0 Å². The lowest BCUT2D eigenvalue weighted by atomic mass is 10.3. The van der Waals surface area contributed by atoms with Gasteiger partial charge in [-0.2, -0.15) is 0 Å². The van der Waals surface area contributed by atoms with E-state index in [2.05, 4.69) is 20.9 Å². The molecule has 0 saturated heterocycles. The summed E-state index contributed by atoms with van der Waals surface area (Å²) in [4.78, 5) is 16.1. The van der Waals surface area contributed by atoms with Crippen molar-refractivity contribution in [2.75, 3.05) is 5.75 Å². The van der Waals surface area contributed by atoms with E-state index in [-0.39, 0.29) is 18.2 Å². The molecule has 0 fully saturated rings. The van der Waals surface area contributed by atoms with Crippen LogP contribution in [0.25, 0.3) is 0 Å². The second-order valence-corrected chi connectivity index (χ2v) is 5.68. The first-order valence-corrected chi connectivity index (χ1v) is 7.63. The number of hydrogen-bond acceptors (Lipinski definition) is 4. The molecule has 1 aromatic carbocycles. The summed E-state index contributed by atoms with van der Waals surface area (Å²) in [5.74, 6) is 0.189. The fourth-order valence-corrected chi connectivity index (χ4v) is 2.63. The Morgan fingerprint density at radius 3 is 2.85 bits per heavy atom. The van der Waals surface area contributed by atoms with Gasteiger partial charge in [-0.05, 0) is 40.2 Å². The molecule has 0 bridgehead atoms. The Kier molecular flexibility index (Phi) is 5.55. The maximum absolute atomic E-state index is 13.4. The maximum Gasteiger partial charge on any atom is 0.312 e. The van der Waals surface area contributed by atoms with Gasteiger partial charge in [0.2, 0.25) is 0 Å². The van der Waals surface area contributed by atoms with E-state index in [4.69, 9.17) is 4.74 Å². The van der Waals surface area contributed by atoms with Crippen LogP contribution in [-0.2, 0) is 4.79 Å². The monoisotopic (exact) mass is 355 g/mol. The standard InChI is InChI=1S/C14H11BrFNO2S/c15-14-11(5-3-8-17-14)19-13(18)7-9-20-12-6-2-1-4-10(12)16/h1-6,8H,7,9H2. The molecule has 2 rings (SSSR count). The number of halogens is 2. The average Bonchev–Trinajstić information content (AvgIpc) is 2.43. The van der Waals surface area contributed by atoms with Crippen molar-refractivity contribution in [3.63, 3.8) is 0 Å². The van der Waals surface area contributed by atoms with Gasteiger partial charge >= 0.3 is 5.97 Å². The summed E-state index contributed by atoms with van der Waals surface area (Å²) in [6.07, 6.45) is 1.79. The van der Waals surface area contributed by atoms with E-state index in [1.54, 1.807) is 36.5 Å². The third-order valence-electron chi connectivity index (χ3n) is 2.35. The smallest absolute Gasteiger partial charge is 0.312 e. The molecule has 104 valence electrons. The number of hydrogen-bond donors (Lipinski definition) is 0. The number of esters is 1. The molecule has 0 N–H and O–H groups in total. The van der Waals surface area contributed by atoms with Crippen LogP contribution >= 0.6 is 27.7 Å². The molecule has 3 nitrogen and oxygen atoms in total.